The molecule has 0 fully saturated rings. The third kappa shape index (κ3) is 5.67. The molecule has 1 aromatic heterocycles. The second-order valence-electron chi connectivity index (χ2n) is 7.98. The van der Waals surface area contributed by atoms with Crippen LogP contribution in [0.1, 0.15) is 37.9 Å². The number of hydrogen-bond acceptors (Lipinski definition) is 8. The Bertz CT molecular complexity index is 1620. The Labute approximate surface area is 243 Å². The second-order valence-corrected chi connectivity index (χ2v) is 11.4. The first-order chi connectivity index (χ1) is 17.6. The summed E-state index contributed by atoms with van der Waals surface area (Å²) in [6, 6.07) is 10.2. The summed E-state index contributed by atoms with van der Waals surface area (Å²) >= 11 is 5.47. The van der Waals surface area contributed by atoms with E-state index in [0.717, 1.165) is 7.14 Å². The third-order valence-corrected chi connectivity index (χ3v) is 7.90. The summed E-state index contributed by atoms with van der Waals surface area (Å²) < 4.78 is 19.8. The number of benzene rings is 2. The van der Waals surface area contributed by atoms with E-state index < -0.39 is 18.0 Å². The zero-order chi connectivity index (χ0) is 26.9. The number of carbonyl (C=O) groups excluding carboxylic acids is 2. The lowest BCUT2D eigenvalue weighted by Crippen LogP contribution is -2.40. The molecule has 11 heteroatoms. The van der Waals surface area contributed by atoms with Gasteiger partial charge in [0.1, 0.15) is 5.75 Å². The van der Waals surface area contributed by atoms with Crippen molar-refractivity contribution in [3.05, 3.63) is 85.6 Å². The highest BCUT2D eigenvalue weighted by Crippen LogP contribution is 2.33. The van der Waals surface area contributed by atoms with Crippen molar-refractivity contribution in [2.75, 3.05) is 13.7 Å². The summed E-state index contributed by atoms with van der Waals surface area (Å²) in [6.45, 7) is 4.98. The fraction of sp³-hybridized carbons (Fsp3) is 0.231. The van der Waals surface area contributed by atoms with Crippen LogP contribution in [0.4, 0.5) is 0 Å². The predicted octanol–water partition coefficient (Wildman–Crippen LogP) is 3.94. The Morgan fingerprint density at radius 3 is 2.65 bits per heavy atom. The molecule has 1 aliphatic heterocycles. The minimum Gasteiger partial charge on any atom is -0.497 e. The maximum atomic E-state index is 13.9. The van der Waals surface area contributed by atoms with Crippen molar-refractivity contribution >= 4 is 74.5 Å². The fourth-order valence-electron chi connectivity index (χ4n) is 4.00. The monoisotopic (exact) mass is 744 g/mol. The summed E-state index contributed by atoms with van der Waals surface area (Å²) in [5.41, 5.74) is 1.72. The van der Waals surface area contributed by atoms with Gasteiger partial charge in [0.15, 0.2) is 10.6 Å². The van der Waals surface area contributed by atoms with Crippen LogP contribution in [0.2, 0.25) is 0 Å². The maximum absolute atomic E-state index is 13.9. The Morgan fingerprint density at radius 2 is 1.97 bits per heavy atom. The van der Waals surface area contributed by atoms with Crippen LogP contribution in [0.5, 0.6) is 11.5 Å². The van der Waals surface area contributed by atoms with E-state index in [1.807, 2.05) is 18.2 Å². The molecule has 0 spiro atoms. The van der Waals surface area contributed by atoms with Gasteiger partial charge in [-0.05, 0) is 94.9 Å². The maximum Gasteiger partial charge on any atom is 0.338 e. The molecule has 0 saturated carbocycles. The number of ether oxygens (including phenoxy) is 3. The van der Waals surface area contributed by atoms with E-state index in [1.165, 1.54) is 22.8 Å². The molecule has 0 unspecified atom stereocenters. The fourth-order valence-corrected chi connectivity index (χ4v) is 7.04. The molecule has 0 radical (unpaired) electrons. The number of rotatable bonds is 6. The summed E-state index contributed by atoms with van der Waals surface area (Å²) in [5, 5.41) is 0. The first-order valence-corrected chi connectivity index (χ1v) is 14.1. The number of thiazole rings is 1. The van der Waals surface area contributed by atoms with Gasteiger partial charge in [0, 0.05) is 16.1 Å². The van der Waals surface area contributed by atoms with Crippen LogP contribution in [0, 0.1) is 7.14 Å². The highest BCUT2D eigenvalue weighted by atomic mass is 127. The van der Waals surface area contributed by atoms with Gasteiger partial charge in [0.2, 0.25) is 0 Å². The largest absolute Gasteiger partial charge is 0.497 e. The minimum atomic E-state index is -0.753. The lowest BCUT2D eigenvalue weighted by molar-refractivity contribution is -0.139. The van der Waals surface area contributed by atoms with Gasteiger partial charge in [0.25, 0.3) is 5.56 Å². The Balaban J connectivity index is 1.99. The number of esters is 2. The van der Waals surface area contributed by atoms with Crippen molar-refractivity contribution in [2.24, 2.45) is 4.99 Å². The lowest BCUT2D eigenvalue weighted by atomic mass is 9.95. The molecule has 2 aromatic carbocycles. The average Bonchev–Trinajstić information content (AvgIpc) is 3.14. The van der Waals surface area contributed by atoms with Crippen molar-refractivity contribution in [3.63, 3.8) is 0 Å². The normalized spacial score (nSPS) is 15.2. The van der Waals surface area contributed by atoms with Crippen LogP contribution < -0.4 is 24.4 Å². The molecule has 3 aromatic rings. The number of hydrogen-bond donors (Lipinski definition) is 0. The molecule has 1 aliphatic rings. The molecule has 8 nitrogen and oxygen atoms in total. The summed E-state index contributed by atoms with van der Waals surface area (Å²) in [7, 11) is 1.56. The number of nitrogens with zero attached hydrogens (tertiary/aromatic N) is 2. The van der Waals surface area contributed by atoms with E-state index in [1.54, 1.807) is 45.2 Å². The first-order valence-electron chi connectivity index (χ1n) is 11.2. The smallest absolute Gasteiger partial charge is 0.338 e. The molecule has 0 amide bonds. The minimum absolute atomic E-state index is 0.190. The van der Waals surface area contributed by atoms with E-state index in [2.05, 4.69) is 50.2 Å². The molecule has 4 rings (SSSR count). The molecule has 0 saturated heterocycles. The number of allylic oxidation sites excluding steroid dienone is 1. The highest BCUT2D eigenvalue weighted by Gasteiger charge is 2.33. The summed E-state index contributed by atoms with van der Waals surface area (Å²) in [4.78, 5) is 43.7. The highest BCUT2D eigenvalue weighted by molar-refractivity contribution is 14.1. The van der Waals surface area contributed by atoms with Crippen LogP contribution >= 0.6 is 56.5 Å². The molecule has 1 atom stereocenters. The Kier molecular flexibility index (Phi) is 8.53. The zero-order valence-electron chi connectivity index (χ0n) is 20.3. The standard InChI is InChI=1S/C26H22I2N2O6S/c1-5-35-25(33)21-13(2)29-26-30(22(21)15-7-6-8-18(10-15)34-4)24(32)20(37-26)11-16-9-17(27)12-19(28)23(16)36-14(3)31/h6-12,22H,5H2,1-4H3/b20-11-/t22-/m1/s1. The van der Waals surface area contributed by atoms with Crippen LogP contribution in [-0.2, 0) is 14.3 Å². The van der Waals surface area contributed by atoms with E-state index in [0.29, 0.717) is 43.2 Å². The van der Waals surface area contributed by atoms with Crippen LogP contribution in [0.15, 0.2) is 57.5 Å². The van der Waals surface area contributed by atoms with Crippen molar-refractivity contribution in [3.8, 4) is 11.5 Å². The van der Waals surface area contributed by atoms with Gasteiger partial charge in [0.05, 0.1) is 39.1 Å². The van der Waals surface area contributed by atoms with E-state index in [-0.39, 0.29) is 12.2 Å². The number of fused-ring (bicyclic) bond motifs is 1. The van der Waals surface area contributed by atoms with Crippen LogP contribution in [0.3, 0.4) is 0 Å². The summed E-state index contributed by atoms with van der Waals surface area (Å²) in [5.74, 6) is -0.0119. The Morgan fingerprint density at radius 1 is 1.22 bits per heavy atom. The van der Waals surface area contributed by atoms with Gasteiger partial charge in [-0.2, -0.15) is 0 Å². The Hall–Kier alpha value is -2.52. The molecule has 0 bridgehead atoms. The summed E-state index contributed by atoms with van der Waals surface area (Å²) in [6.07, 6.45) is 1.69. The van der Waals surface area contributed by atoms with Gasteiger partial charge in [-0.15, -0.1) is 0 Å². The number of aromatic nitrogens is 1. The molecule has 0 aliphatic carbocycles. The van der Waals surface area contributed by atoms with E-state index in [9.17, 15) is 14.4 Å². The molecule has 37 heavy (non-hydrogen) atoms. The molecule has 0 N–H and O–H groups in total. The van der Waals surface area contributed by atoms with Gasteiger partial charge in [-0.25, -0.2) is 9.79 Å². The first kappa shape index (κ1) is 27.5. The molecular weight excluding hydrogens is 722 g/mol. The number of methoxy groups -OCH3 is 1. The van der Waals surface area contributed by atoms with Crippen LogP contribution in [0.25, 0.3) is 6.08 Å². The van der Waals surface area contributed by atoms with Gasteiger partial charge in [-0.3, -0.25) is 14.2 Å². The molecular formula is C26H22I2N2O6S. The van der Waals surface area contributed by atoms with Crippen molar-refractivity contribution in [1.82, 2.24) is 4.57 Å². The quantitative estimate of drug-likeness (QED) is 0.216. The zero-order valence-corrected chi connectivity index (χ0v) is 25.5. The van der Waals surface area contributed by atoms with Crippen molar-refractivity contribution in [2.45, 2.75) is 26.8 Å². The van der Waals surface area contributed by atoms with Crippen molar-refractivity contribution in [1.29, 1.82) is 0 Å². The van der Waals surface area contributed by atoms with Crippen LogP contribution in [-0.4, -0.2) is 30.2 Å². The predicted molar refractivity (Wildman–Crippen MR) is 157 cm³/mol. The van der Waals surface area contributed by atoms with E-state index >= 15 is 0 Å². The second kappa shape index (κ2) is 11.5. The lowest BCUT2D eigenvalue weighted by Gasteiger charge is -2.25. The average molecular weight is 744 g/mol. The number of carbonyl (C=O) groups is 2. The van der Waals surface area contributed by atoms with Crippen molar-refractivity contribution < 1.29 is 23.8 Å². The molecule has 2 heterocycles. The van der Waals surface area contributed by atoms with Gasteiger partial charge < -0.3 is 14.2 Å². The molecule has 192 valence electrons. The topological polar surface area (TPSA) is 96.2 Å². The third-order valence-electron chi connectivity index (χ3n) is 5.50. The SMILES string of the molecule is CCOC(=O)C1=C(C)N=c2s/c(=C\c3cc(I)cc(I)c3OC(C)=O)c(=O)n2[C@@H]1c1cccc(OC)c1. The number of halogens is 2. The van der Waals surface area contributed by atoms with E-state index in [4.69, 9.17) is 14.2 Å². The van der Waals surface area contributed by atoms with Gasteiger partial charge in [-0.1, -0.05) is 23.5 Å². The van der Waals surface area contributed by atoms with Gasteiger partial charge >= 0.3 is 11.9 Å².